The first-order valence-corrected chi connectivity index (χ1v) is 7.91. The molecule has 0 aliphatic carbocycles. The van der Waals surface area contributed by atoms with E-state index in [1.165, 1.54) is 51.7 Å². The molecule has 2 nitrogen and oxygen atoms in total. The quantitative estimate of drug-likeness (QED) is 0.811. The predicted molar refractivity (Wildman–Crippen MR) is 80.7 cm³/mol. The summed E-state index contributed by atoms with van der Waals surface area (Å²) in [6.07, 6.45) is 8.14. The van der Waals surface area contributed by atoms with Gasteiger partial charge in [0.2, 0.25) is 0 Å². The van der Waals surface area contributed by atoms with Crippen LogP contribution >= 0.6 is 0 Å². The molecule has 1 fully saturated rings. The number of likely N-dealkylation sites (tertiary alicyclic amines) is 1. The van der Waals surface area contributed by atoms with Crippen molar-refractivity contribution in [3.63, 3.8) is 0 Å². The van der Waals surface area contributed by atoms with Crippen LogP contribution in [0.5, 0.6) is 0 Å². The van der Waals surface area contributed by atoms with Crippen LogP contribution in [-0.4, -0.2) is 30.6 Å². The van der Waals surface area contributed by atoms with E-state index in [-0.39, 0.29) is 5.41 Å². The van der Waals surface area contributed by atoms with Crippen molar-refractivity contribution in [2.75, 3.05) is 19.6 Å². The number of hydrogen-bond acceptors (Lipinski definition) is 2. The molecule has 0 bridgehead atoms. The molecule has 0 aromatic carbocycles. The molecule has 2 N–H and O–H groups in total. The van der Waals surface area contributed by atoms with E-state index in [9.17, 15) is 0 Å². The van der Waals surface area contributed by atoms with Crippen LogP contribution in [0.4, 0.5) is 0 Å². The molecule has 1 rings (SSSR count). The highest BCUT2D eigenvalue weighted by Gasteiger charge is 2.22. The van der Waals surface area contributed by atoms with E-state index in [0.29, 0.717) is 6.04 Å². The molecule has 1 aliphatic rings. The predicted octanol–water partition coefficient (Wildman–Crippen LogP) is 3.65. The van der Waals surface area contributed by atoms with Gasteiger partial charge in [0.1, 0.15) is 0 Å². The van der Waals surface area contributed by atoms with Crippen LogP contribution in [0.2, 0.25) is 0 Å². The Balaban J connectivity index is 2.27. The minimum Gasteiger partial charge on any atom is -0.327 e. The summed E-state index contributed by atoms with van der Waals surface area (Å²) in [6.45, 7) is 12.8. The lowest BCUT2D eigenvalue weighted by atomic mass is 9.85. The molecule has 2 heteroatoms. The van der Waals surface area contributed by atoms with E-state index in [1.807, 2.05) is 0 Å². The van der Waals surface area contributed by atoms with E-state index in [4.69, 9.17) is 5.73 Å². The van der Waals surface area contributed by atoms with Gasteiger partial charge in [-0.05, 0) is 56.7 Å². The van der Waals surface area contributed by atoms with E-state index in [1.54, 1.807) is 0 Å². The Hall–Kier alpha value is -0.0800. The van der Waals surface area contributed by atoms with Crippen molar-refractivity contribution >= 4 is 0 Å². The van der Waals surface area contributed by atoms with Crippen molar-refractivity contribution in [2.45, 2.75) is 72.3 Å². The highest BCUT2D eigenvalue weighted by molar-refractivity contribution is 4.79. The third-order valence-electron chi connectivity index (χ3n) is 4.51. The summed E-state index contributed by atoms with van der Waals surface area (Å²) in [7, 11) is 0. The molecular weight excluding hydrogens is 220 g/mol. The van der Waals surface area contributed by atoms with Gasteiger partial charge in [0, 0.05) is 6.04 Å². The van der Waals surface area contributed by atoms with Gasteiger partial charge >= 0.3 is 0 Å². The molecule has 0 aromatic heterocycles. The van der Waals surface area contributed by atoms with Crippen LogP contribution in [0, 0.1) is 11.3 Å². The zero-order valence-corrected chi connectivity index (χ0v) is 13.0. The van der Waals surface area contributed by atoms with Gasteiger partial charge < -0.3 is 10.6 Å². The Morgan fingerprint density at radius 3 is 2.56 bits per heavy atom. The molecule has 0 saturated carbocycles. The average Bonchev–Trinajstić information content (AvgIpc) is 2.51. The first-order valence-electron chi connectivity index (χ1n) is 7.91. The van der Waals surface area contributed by atoms with E-state index in [0.717, 1.165) is 12.3 Å². The molecule has 18 heavy (non-hydrogen) atoms. The number of rotatable bonds is 5. The summed E-state index contributed by atoms with van der Waals surface area (Å²) >= 11 is 0. The third kappa shape index (κ3) is 5.71. The van der Waals surface area contributed by atoms with Gasteiger partial charge in [-0.25, -0.2) is 0 Å². The van der Waals surface area contributed by atoms with Crippen molar-refractivity contribution in [3.8, 4) is 0 Å². The van der Waals surface area contributed by atoms with Gasteiger partial charge in [0.25, 0.3) is 0 Å². The fraction of sp³-hybridized carbons (Fsp3) is 1.00. The smallest absolute Gasteiger partial charge is 0.00998 e. The first-order chi connectivity index (χ1) is 8.43. The molecule has 2 unspecified atom stereocenters. The van der Waals surface area contributed by atoms with Gasteiger partial charge in [-0.3, -0.25) is 0 Å². The largest absolute Gasteiger partial charge is 0.327 e. The highest BCUT2D eigenvalue weighted by Crippen LogP contribution is 2.23. The van der Waals surface area contributed by atoms with E-state index < -0.39 is 0 Å². The average molecular weight is 254 g/mol. The molecule has 0 aromatic rings. The minimum absolute atomic E-state index is 0.247. The third-order valence-corrected chi connectivity index (χ3v) is 4.51. The number of nitrogens with two attached hydrogens (primary N) is 1. The lowest BCUT2D eigenvalue weighted by molar-refractivity contribution is 0.231. The number of hydrogen-bond donors (Lipinski definition) is 1. The summed E-state index contributed by atoms with van der Waals surface area (Å²) in [5, 5.41) is 0. The zero-order valence-electron chi connectivity index (χ0n) is 13.0. The van der Waals surface area contributed by atoms with Gasteiger partial charge in [0.05, 0.1) is 0 Å². The van der Waals surface area contributed by atoms with Crippen molar-refractivity contribution in [1.82, 2.24) is 4.90 Å². The molecule has 108 valence electrons. The summed E-state index contributed by atoms with van der Waals surface area (Å²) < 4.78 is 0. The van der Waals surface area contributed by atoms with E-state index in [2.05, 4.69) is 32.6 Å². The van der Waals surface area contributed by atoms with Crippen molar-refractivity contribution in [2.24, 2.45) is 17.1 Å². The monoisotopic (exact) mass is 254 g/mol. The highest BCUT2D eigenvalue weighted by atomic mass is 15.1. The molecule has 0 radical (unpaired) electrons. The van der Waals surface area contributed by atoms with Crippen molar-refractivity contribution < 1.29 is 0 Å². The Morgan fingerprint density at radius 1 is 1.22 bits per heavy atom. The molecule has 0 spiro atoms. The second-order valence-electron chi connectivity index (χ2n) is 7.19. The maximum absolute atomic E-state index is 6.26. The SMILES string of the molecule is CCCC1CCCN(CCC(N)C(C)(C)C)CC1. The van der Waals surface area contributed by atoms with Gasteiger partial charge in [-0.1, -0.05) is 40.5 Å². The minimum atomic E-state index is 0.247. The van der Waals surface area contributed by atoms with Gasteiger partial charge in [-0.15, -0.1) is 0 Å². The molecule has 2 atom stereocenters. The normalized spacial score (nSPS) is 24.8. The fourth-order valence-electron chi connectivity index (χ4n) is 2.90. The lowest BCUT2D eigenvalue weighted by Crippen LogP contribution is -2.39. The first kappa shape index (κ1) is 16.0. The van der Waals surface area contributed by atoms with Crippen LogP contribution in [0.25, 0.3) is 0 Å². The van der Waals surface area contributed by atoms with Gasteiger partial charge in [-0.2, -0.15) is 0 Å². The van der Waals surface area contributed by atoms with E-state index >= 15 is 0 Å². The lowest BCUT2D eigenvalue weighted by Gasteiger charge is -2.29. The van der Waals surface area contributed by atoms with Crippen LogP contribution in [0.1, 0.15) is 66.2 Å². The van der Waals surface area contributed by atoms with Crippen LogP contribution < -0.4 is 5.73 Å². The van der Waals surface area contributed by atoms with Crippen LogP contribution in [0.3, 0.4) is 0 Å². The summed E-state index contributed by atoms with van der Waals surface area (Å²) in [5.74, 6) is 0.983. The summed E-state index contributed by atoms with van der Waals surface area (Å²) in [4.78, 5) is 2.64. The second kappa shape index (κ2) is 7.49. The fourth-order valence-corrected chi connectivity index (χ4v) is 2.90. The van der Waals surface area contributed by atoms with Crippen molar-refractivity contribution in [3.05, 3.63) is 0 Å². The van der Waals surface area contributed by atoms with Crippen LogP contribution in [0.15, 0.2) is 0 Å². The summed E-state index contributed by atoms with van der Waals surface area (Å²) in [5.41, 5.74) is 6.50. The zero-order chi connectivity index (χ0) is 13.6. The number of nitrogens with zero attached hydrogens (tertiary/aromatic N) is 1. The Labute approximate surface area is 114 Å². The molecule has 1 heterocycles. The second-order valence-corrected chi connectivity index (χ2v) is 7.19. The Morgan fingerprint density at radius 2 is 1.94 bits per heavy atom. The summed E-state index contributed by atoms with van der Waals surface area (Å²) in [6, 6.07) is 0.326. The molecule has 1 aliphatic heterocycles. The Bertz CT molecular complexity index is 220. The maximum Gasteiger partial charge on any atom is 0.00998 e. The molecule has 1 saturated heterocycles. The van der Waals surface area contributed by atoms with Gasteiger partial charge in [0.15, 0.2) is 0 Å². The molecule has 0 amide bonds. The topological polar surface area (TPSA) is 29.3 Å². The molecular formula is C16H34N2. The maximum atomic E-state index is 6.26. The Kier molecular flexibility index (Phi) is 6.65. The standard InChI is InChI=1S/C16H34N2/c1-5-7-14-8-6-11-18(12-9-14)13-10-15(17)16(2,3)4/h14-15H,5-13,17H2,1-4H3. The van der Waals surface area contributed by atoms with Crippen LogP contribution in [-0.2, 0) is 0 Å². The van der Waals surface area contributed by atoms with Crippen molar-refractivity contribution in [1.29, 1.82) is 0 Å².